The lowest BCUT2D eigenvalue weighted by Gasteiger charge is -2.34. The predicted molar refractivity (Wildman–Crippen MR) is 95.3 cm³/mol. The Morgan fingerprint density at radius 3 is 2.39 bits per heavy atom. The number of nitrogens with zero attached hydrogens (tertiary/aromatic N) is 2. The highest BCUT2D eigenvalue weighted by molar-refractivity contribution is 6.62. The summed E-state index contributed by atoms with van der Waals surface area (Å²) in [5.74, 6) is 1.08. The molecule has 2 aliphatic heterocycles. The normalized spacial score (nSPS) is 26.6. The van der Waals surface area contributed by atoms with Crippen LogP contribution in [0.1, 0.15) is 59.4 Å². The van der Waals surface area contributed by atoms with E-state index in [1.54, 1.807) is 0 Å². The fourth-order valence-corrected chi connectivity index (χ4v) is 3.36. The summed E-state index contributed by atoms with van der Waals surface area (Å²) in [4.78, 5) is 7.14. The van der Waals surface area contributed by atoms with E-state index in [1.165, 1.54) is 24.8 Å². The first kappa shape index (κ1) is 16.8. The lowest BCUT2D eigenvalue weighted by Crippen LogP contribution is -2.41. The highest BCUT2D eigenvalue weighted by Gasteiger charge is 2.52. The summed E-state index contributed by atoms with van der Waals surface area (Å²) in [6, 6.07) is 2.75. The SMILES string of the molecule is Cc1cc(N2CCCC[C@@H]2C)ncc1B1OC(C)(C)C(C)(C)O1. The van der Waals surface area contributed by atoms with Gasteiger partial charge in [0.1, 0.15) is 5.82 Å². The molecule has 0 aromatic carbocycles. The van der Waals surface area contributed by atoms with Gasteiger partial charge in [0.15, 0.2) is 0 Å². The van der Waals surface area contributed by atoms with Crippen molar-refractivity contribution in [2.75, 3.05) is 11.4 Å². The summed E-state index contributed by atoms with van der Waals surface area (Å²) in [7, 11) is -0.333. The zero-order chi connectivity index (χ0) is 16.8. The number of pyridine rings is 1. The molecule has 0 bridgehead atoms. The summed E-state index contributed by atoms with van der Waals surface area (Å²) in [5.41, 5.74) is 1.59. The second kappa shape index (κ2) is 5.78. The minimum absolute atomic E-state index is 0.315. The number of piperidine rings is 1. The highest BCUT2D eigenvalue weighted by atomic mass is 16.7. The van der Waals surface area contributed by atoms with E-state index in [4.69, 9.17) is 14.3 Å². The molecule has 0 radical (unpaired) electrons. The Hall–Kier alpha value is -1.07. The molecule has 1 atom stereocenters. The fraction of sp³-hybridized carbons (Fsp3) is 0.722. The minimum atomic E-state index is -0.333. The van der Waals surface area contributed by atoms with Crippen LogP contribution in [0.4, 0.5) is 5.82 Å². The molecule has 1 aromatic rings. The van der Waals surface area contributed by atoms with Crippen LogP contribution in [0.25, 0.3) is 0 Å². The van der Waals surface area contributed by atoms with E-state index in [-0.39, 0.29) is 18.3 Å². The minimum Gasteiger partial charge on any atom is -0.399 e. The molecule has 4 nitrogen and oxygen atoms in total. The second-order valence-corrected chi connectivity index (χ2v) is 8.03. The first-order valence-electron chi connectivity index (χ1n) is 8.80. The van der Waals surface area contributed by atoms with Crippen LogP contribution in [-0.2, 0) is 9.31 Å². The summed E-state index contributed by atoms with van der Waals surface area (Å²) in [6.45, 7) is 13.8. The lowest BCUT2D eigenvalue weighted by molar-refractivity contribution is 0.00578. The second-order valence-electron chi connectivity index (χ2n) is 8.03. The molecule has 3 heterocycles. The molecule has 5 heteroatoms. The molecule has 23 heavy (non-hydrogen) atoms. The van der Waals surface area contributed by atoms with Gasteiger partial charge in [0.05, 0.1) is 11.2 Å². The van der Waals surface area contributed by atoms with Crippen LogP contribution in [0, 0.1) is 6.92 Å². The number of rotatable bonds is 2. The first-order chi connectivity index (χ1) is 10.7. The van der Waals surface area contributed by atoms with Crippen molar-refractivity contribution >= 4 is 18.4 Å². The molecule has 0 aliphatic carbocycles. The van der Waals surface area contributed by atoms with E-state index >= 15 is 0 Å². The average Bonchev–Trinajstić information content (AvgIpc) is 2.67. The molecule has 0 unspecified atom stereocenters. The van der Waals surface area contributed by atoms with Gasteiger partial charge in [0, 0.05) is 24.2 Å². The summed E-state index contributed by atoms with van der Waals surface area (Å²) in [5, 5.41) is 0. The Morgan fingerprint density at radius 2 is 1.83 bits per heavy atom. The van der Waals surface area contributed by atoms with Gasteiger partial charge in [0.25, 0.3) is 0 Å². The topological polar surface area (TPSA) is 34.6 Å². The van der Waals surface area contributed by atoms with Gasteiger partial charge in [-0.15, -0.1) is 0 Å². The maximum Gasteiger partial charge on any atom is 0.496 e. The van der Waals surface area contributed by atoms with Crippen molar-refractivity contribution in [3.05, 3.63) is 17.8 Å². The third-order valence-electron chi connectivity index (χ3n) is 5.74. The molecule has 0 amide bonds. The van der Waals surface area contributed by atoms with Crippen molar-refractivity contribution in [1.82, 2.24) is 4.98 Å². The van der Waals surface area contributed by atoms with E-state index in [0.717, 1.165) is 17.8 Å². The molecule has 1 aromatic heterocycles. The number of aryl methyl sites for hydroxylation is 1. The average molecular weight is 316 g/mol. The molecule has 0 N–H and O–H groups in total. The van der Waals surface area contributed by atoms with Crippen LogP contribution in [0.5, 0.6) is 0 Å². The van der Waals surface area contributed by atoms with E-state index in [1.807, 2.05) is 6.20 Å². The van der Waals surface area contributed by atoms with Crippen LogP contribution in [0.3, 0.4) is 0 Å². The predicted octanol–water partition coefficient (Wildman–Crippen LogP) is 3.07. The molecule has 0 spiro atoms. The lowest BCUT2D eigenvalue weighted by atomic mass is 9.77. The zero-order valence-corrected chi connectivity index (χ0v) is 15.3. The van der Waals surface area contributed by atoms with Gasteiger partial charge in [-0.05, 0) is 72.4 Å². The maximum atomic E-state index is 6.16. The smallest absolute Gasteiger partial charge is 0.399 e. The third kappa shape index (κ3) is 3.01. The monoisotopic (exact) mass is 316 g/mol. The summed E-state index contributed by atoms with van der Waals surface area (Å²) < 4.78 is 12.3. The number of hydrogen-bond donors (Lipinski definition) is 0. The fourth-order valence-electron chi connectivity index (χ4n) is 3.36. The summed E-state index contributed by atoms with van der Waals surface area (Å²) in [6.07, 6.45) is 5.76. The zero-order valence-electron chi connectivity index (χ0n) is 15.3. The standard InChI is InChI=1S/C18H29BN2O2/c1-13-11-16(21-10-8-7-9-14(21)2)20-12-15(13)19-22-17(3,4)18(5,6)23-19/h11-12,14H,7-10H2,1-6H3/t14-/m0/s1. The van der Waals surface area contributed by atoms with E-state index in [2.05, 4.69) is 52.5 Å². The van der Waals surface area contributed by atoms with Crippen molar-refractivity contribution in [2.24, 2.45) is 0 Å². The molecule has 3 rings (SSSR count). The largest absolute Gasteiger partial charge is 0.496 e. The maximum absolute atomic E-state index is 6.16. The summed E-state index contributed by atoms with van der Waals surface area (Å²) >= 11 is 0. The van der Waals surface area contributed by atoms with Crippen molar-refractivity contribution < 1.29 is 9.31 Å². The Balaban J connectivity index is 1.83. The van der Waals surface area contributed by atoms with Gasteiger partial charge in [-0.2, -0.15) is 0 Å². The van der Waals surface area contributed by atoms with Gasteiger partial charge < -0.3 is 14.2 Å². The molecular formula is C18H29BN2O2. The number of aromatic nitrogens is 1. The van der Waals surface area contributed by atoms with Crippen LogP contribution in [0.15, 0.2) is 12.3 Å². The van der Waals surface area contributed by atoms with Crippen molar-refractivity contribution in [1.29, 1.82) is 0 Å². The van der Waals surface area contributed by atoms with Gasteiger partial charge >= 0.3 is 7.12 Å². The Labute approximate surface area is 140 Å². The van der Waals surface area contributed by atoms with Crippen LogP contribution >= 0.6 is 0 Å². The number of anilines is 1. The van der Waals surface area contributed by atoms with Crippen LogP contribution < -0.4 is 10.4 Å². The Bertz CT molecular complexity index is 572. The van der Waals surface area contributed by atoms with Crippen molar-refractivity contribution in [2.45, 2.75) is 78.0 Å². The highest BCUT2D eigenvalue weighted by Crippen LogP contribution is 2.36. The quantitative estimate of drug-likeness (QED) is 0.786. The molecule has 126 valence electrons. The van der Waals surface area contributed by atoms with E-state index in [0.29, 0.717) is 6.04 Å². The first-order valence-corrected chi connectivity index (χ1v) is 8.80. The van der Waals surface area contributed by atoms with Gasteiger partial charge in [0.2, 0.25) is 0 Å². The third-order valence-corrected chi connectivity index (χ3v) is 5.74. The van der Waals surface area contributed by atoms with Crippen LogP contribution in [0.2, 0.25) is 0 Å². The van der Waals surface area contributed by atoms with Crippen molar-refractivity contribution in [3.63, 3.8) is 0 Å². The Kier molecular flexibility index (Phi) is 4.22. The van der Waals surface area contributed by atoms with Gasteiger partial charge in [-0.25, -0.2) is 4.98 Å². The molecule has 2 aliphatic rings. The van der Waals surface area contributed by atoms with Gasteiger partial charge in [-0.3, -0.25) is 0 Å². The molecule has 0 saturated carbocycles. The molecule has 2 fully saturated rings. The van der Waals surface area contributed by atoms with Crippen molar-refractivity contribution in [3.8, 4) is 0 Å². The molecular weight excluding hydrogens is 287 g/mol. The Morgan fingerprint density at radius 1 is 1.17 bits per heavy atom. The van der Waals surface area contributed by atoms with E-state index in [9.17, 15) is 0 Å². The number of hydrogen-bond acceptors (Lipinski definition) is 4. The van der Waals surface area contributed by atoms with E-state index < -0.39 is 0 Å². The van der Waals surface area contributed by atoms with Gasteiger partial charge in [-0.1, -0.05) is 0 Å². The van der Waals surface area contributed by atoms with Crippen LogP contribution in [-0.4, -0.2) is 35.9 Å². The molecule has 2 saturated heterocycles.